The molecule has 1 aliphatic heterocycles. The van der Waals surface area contributed by atoms with Gasteiger partial charge in [0.15, 0.2) is 5.79 Å². The number of hydrogen-bond donors (Lipinski definition) is 2. The van der Waals surface area contributed by atoms with Crippen LogP contribution < -0.4 is 5.73 Å². The van der Waals surface area contributed by atoms with E-state index >= 15 is 0 Å². The standard InChI is InChI=1S/C10H21NO3/c1-4-5-8-9(7(11)6-12)14-10(2,3)13-8/h7-9,12H,4-6,11H2,1-3H3/t7-,8+,9-/m0/s1. The second-order valence-electron chi connectivity index (χ2n) is 4.27. The summed E-state index contributed by atoms with van der Waals surface area (Å²) in [6.45, 7) is 5.78. The molecule has 1 aliphatic rings. The third-order valence-electron chi connectivity index (χ3n) is 2.43. The Hall–Kier alpha value is -0.160. The highest BCUT2D eigenvalue weighted by atomic mass is 16.8. The van der Waals surface area contributed by atoms with Gasteiger partial charge in [0.25, 0.3) is 0 Å². The molecule has 0 saturated carbocycles. The third kappa shape index (κ3) is 2.67. The molecule has 3 N–H and O–H groups in total. The number of aliphatic hydroxyl groups excluding tert-OH is 1. The molecule has 4 nitrogen and oxygen atoms in total. The van der Waals surface area contributed by atoms with Gasteiger partial charge in [0.2, 0.25) is 0 Å². The number of aliphatic hydroxyl groups is 1. The van der Waals surface area contributed by atoms with E-state index in [0.717, 1.165) is 12.8 Å². The van der Waals surface area contributed by atoms with Crippen molar-refractivity contribution in [1.29, 1.82) is 0 Å². The lowest BCUT2D eigenvalue weighted by molar-refractivity contribution is -0.148. The van der Waals surface area contributed by atoms with Gasteiger partial charge in [-0.3, -0.25) is 0 Å². The Morgan fingerprint density at radius 1 is 1.43 bits per heavy atom. The Morgan fingerprint density at radius 2 is 2.07 bits per heavy atom. The highest BCUT2D eigenvalue weighted by Crippen LogP contribution is 2.31. The molecule has 0 unspecified atom stereocenters. The third-order valence-corrected chi connectivity index (χ3v) is 2.43. The lowest BCUT2D eigenvalue weighted by atomic mass is 10.0. The quantitative estimate of drug-likeness (QED) is 0.703. The topological polar surface area (TPSA) is 64.7 Å². The molecule has 0 amide bonds. The molecule has 0 radical (unpaired) electrons. The summed E-state index contributed by atoms with van der Waals surface area (Å²) in [5, 5.41) is 8.99. The second kappa shape index (κ2) is 4.57. The summed E-state index contributed by atoms with van der Waals surface area (Å²) >= 11 is 0. The maximum atomic E-state index is 8.99. The van der Waals surface area contributed by atoms with E-state index in [9.17, 15) is 0 Å². The van der Waals surface area contributed by atoms with Crippen LogP contribution >= 0.6 is 0 Å². The minimum absolute atomic E-state index is 0.0112. The first kappa shape index (κ1) is 11.9. The first-order valence-electron chi connectivity index (χ1n) is 5.22. The number of hydrogen-bond acceptors (Lipinski definition) is 4. The zero-order chi connectivity index (χ0) is 10.8. The van der Waals surface area contributed by atoms with E-state index in [1.54, 1.807) is 0 Å². The molecule has 4 heteroatoms. The van der Waals surface area contributed by atoms with Crippen molar-refractivity contribution >= 4 is 0 Å². The van der Waals surface area contributed by atoms with Gasteiger partial charge in [-0.1, -0.05) is 13.3 Å². The maximum absolute atomic E-state index is 8.99. The second-order valence-corrected chi connectivity index (χ2v) is 4.27. The molecule has 0 bridgehead atoms. The SMILES string of the molecule is CCC[C@H]1OC(C)(C)O[C@H]1[C@@H](N)CO. The first-order chi connectivity index (χ1) is 6.50. The molecule has 1 rings (SSSR count). The van der Waals surface area contributed by atoms with Gasteiger partial charge in [-0.25, -0.2) is 0 Å². The predicted molar refractivity (Wildman–Crippen MR) is 53.8 cm³/mol. The van der Waals surface area contributed by atoms with Crippen LogP contribution in [0.1, 0.15) is 33.6 Å². The van der Waals surface area contributed by atoms with E-state index in [4.69, 9.17) is 20.3 Å². The van der Waals surface area contributed by atoms with E-state index in [2.05, 4.69) is 6.92 Å². The highest BCUT2D eigenvalue weighted by molar-refractivity contribution is 4.88. The lowest BCUT2D eigenvalue weighted by Crippen LogP contribution is -2.44. The Morgan fingerprint density at radius 3 is 2.57 bits per heavy atom. The zero-order valence-electron chi connectivity index (χ0n) is 9.19. The Bertz CT molecular complexity index is 184. The molecule has 0 aliphatic carbocycles. The fourth-order valence-electron chi connectivity index (χ4n) is 1.84. The van der Waals surface area contributed by atoms with E-state index in [1.165, 1.54) is 0 Å². The summed E-state index contributed by atoms with van der Waals surface area (Å²) in [5.74, 6) is -0.572. The molecule has 1 fully saturated rings. The number of ether oxygens (including phenoxy) is 2. The van der Waals surface area contributed by atoms with Crippen molar-refractivity contribution in [1.82, 2.24) is 0 Å². The predicted octanol–water partition coefficient (Wildman–Crippen LogP) is 0.626. The van der Waals surface area contributed by atoms with Crippen molar-refractivity contribution in [2.24, 2.45) is 5.73 Å². The van der Waals surface area contributed by atoms with Crippen LogP contribution in [0.2, 0.25) is 0 Å². The van der Waals surface area contributed by atoms with Gasteiger partial charge in [0, 0.05) is 0 Å². The van der Waals surface area contributed by atoms with Gasteiger partial charge in [-0.05, 0) is 20.3 Å². The maximum Gasteiger partial charge on any atom is 0.163 e. The zero-order valence-corrected chi connectivity index (χ0v) is 9.19. The van der Waals surface area contributed by atoms with Gasteiger partial charge in [0.1, 0.15) is 6.10 Å². The normalized spacial score (nSPS) is 33.2. The van der Waals surface area contributed by atoms with Gasteiger partial charge in [-0.15, -0.1) is 0 Å². The molecular weight excluding hydrogens is 182 g/mol. The number of rotatable bonds is 4. The fourth-order valence-corrected chi connectivity index (χ4v) is 1.84. The van der Waals surface area contributed by atoms with E-state index in [1.807, 2.05) is 13.8 Å². The van der Waals surface area contributed by atoms with Crippen LogP contribution in [0, 0.1) is 0 Å². The van der Waals surface area contributed by atoms with Crippen molar-refractivity contribution in [3.63, 3.8) is 0 Å². The lowest BCUT2D eigenvalue weighted by Gasteiger charge is -2.21. The van der Waals surface area contributed by atoms with Crippen LogP contribution in [0.3, 0.4) is 0 Å². The molecular formula is C10H21NO3. The Labute approximate surface area is 85.4 Å². The minimum atomic E-state index is -0.572. The van der Waals surface area contributed by atoms with Crippen LogP contribution in [0.25, 0.3) is 0 Å². The molecule has 0 aromatic heterocycles. The summed E-state index contributed by atoms with van der Waals surface area (Å²) in [4.78, 5) is 0. The molecule has 1 heterocycles. The minimum Gasteiger partial charge on any atom is -0.395 e. The van der Waals surface area contributed by atoms with E-state index in [-0.39, 0.29) is 24.9 Å². The van der Waals surface area contributed by atoms with Crippen molar-refractivity contribution < 1.29 is 14.6 Å². The van der Waals surface area contributed by atoms with Gasteiger partial charge in [0.05, 0.1) is 18.8 Å². The highest BCUT2D eigenvalue weighted by Gasteiger charge is 2.43. The van der Waals surface area contributed by atoms with Crippen LogP contribution in [-0.4, -0.2) is 35.8 Å². The molecule has 0 aromatic rings. The van der Waals surface area contributed by atoms with Gasteiger partial charge < -0.3 is 20.3 Å². The Balaban J connectivity index is 2.62. The summed E-state index contributed by atoms with van der Waals surface area (Å²) in [6.07, 6.45) is 1.77. The van der Waals surface area contributed by atoms with Gasteiger partial charge >= 0.3 is 0 Å². The smallest absolute Gasteiger partial charge is 0.163 e. The summed E-state index contributed by atoms with van der Waals surface area (Å²) in [5.41, 5.74) is 5.77. The summed E-state index contributed by atoms with van der Waals surface area (Å²) in [6, 6.07) is -0.353. The fraction of sp³-hybridized carbons (Fsp3) is 1.00. The first-order valence-corrected chi connectivity index (χ1v) is 5.22. The van der Waals surface area contributed by atoms with E-state index in [0.29, 0.717) is 0 Å². The average Bonchev–Trinajstić information content (AvgIpc) is 2.41. The van der Waals surface area contributed by atoms with Crippen LogP contribution in [0.5, 0.6) is 0 Å². The van der Waals surface area contributed by atoms with E-state index < -0.39 is 5.79 Å². The van der Waals surface area contributed by atoms with Crippen molar-refractivity contribution in [3.05, 3.63) is 0 Å². The number of nitrogens with two attached hydrogens (primary N) is 1. The van der Waals surface area contributed by atoms with Crippen molar-refractivity contribution in [2.75, 3.05) is 6.61 Å². The van der Waals surface area contributed by atoms with Crippen LogP contribution in [0.15, 0.2) is 0 Å². The Kier molecular flexibility index (Phi) is 3.89. The summed E-state index contributed by atoms with van der Waals surface area (Å²) in [7, 11) is 0. The molecule has 1 saturated heterocycles. The molecule has 84 valence electrons. The molecule has 14 heavy (non-hydrogen) atoms. The van der Waals surface area contributed by atoms with Gasteiger partial charge in [-0.2, -0.15) is 0 Å². The molecule has 3 atom stereocenters. The molecule has 0 spiro atoms. The van der Waals surface area contributed by atoms with Crippen LogP contribution in [0.4, 0.5) is 0 Å². The van der Waals surface area contributed by atoms with Crippen LogP contribution in [-0.2, 0) is 9.47 Å². The molecule has 0 aromatic carbocycles. The van der Waals surface area contributed by atoms with Crippen molar-refractivity contribution in [3.8, 4) is 0 Å². The monoisotopic (exact) mass is 203 g/mol. The largest absolute Gasteiger partial charge is 0.395 e. The average molecular weight is 203 g/mol. The summed E-state index contributed by atoms with van der Waals surface area (Å²) < 4.78 is 11.4. The van der Waals surface area contributed by atoms with Crippen molar-refractivity contribution in [2.45, 2.75) is 57.6 Å².